The van der Waals surface area contributed by atoms with E-state index < -0.39 is 0 Å². The van der Waals surface area contributed by atoms with Gasteiger partial charge in [-0.2, -0.15) is 0 Å². The van der Waals surface area contributed by atoms with Crippen molar-refractivity contribution in [2.45, 2.75) is 38.5 Å². The summed E-state index contributed by atoms with van der Waals surface area (Å²) in [6, 6.07) is 74.6. The first-order chi connectivity index (χ1) is 28.8. The summed E-state index contributed by atoms with van der Waals surface area (Å²) in [5.41, 5.74) is 21.0. The summed E-state index contributed by atoms with van der Waals surface area (Å²) in [7, 11) is 0. The maximum absolute atomic E-state index is 2.56. The predicted octanol–water partition coefficient (Wildman–Crippen LogP) is 15.9. The summed E-state index contributed by atoms with van der Waals surface area (Å²) in [6.45, 7) is 9.52. The summed E-state index contributed by atoms with van der Waals surface area (Å²) >= 11 is 0. The molecule has 0 aromatic heterocycles. The van der Waals surface area contributed by atoms with Crippen LogP contribution in [-0.4, -0.2) is 0 Å². The molecular formula is C58H45N. The van der Waals surface area contributed by atoms with Gasteiger partial charge in [-0.05, 0) is 120 Å². The van der Waals surface area contributed by atoms with Crippen molar-refractivity contribution in [1.82, 2.24) is 0 Å². The molecule has 0 aliphatic heterocycles. The smallest absolute Gasteiger partial charge is 0.0618 e. The second-order valence-electron chi connectivity index (χ2n) is 17.4. The standard InChI is InChI=1S/C58H45N/c1-57(2)52-25-15-13-23-46(52)48-31-29-44(36-54(48)57)59(45-30-32-49-47-24-14-16-26-53(47)58(3,4)55(49)37-45)56-50(39-18-7-5-8-19-39)34-43(35-51(56)40-20-9-6-10-21-40)42-28-27-38-17-11-12-22-41(38)33-42/h5-37H,1-4H3. The molecule has 0 heterocycles. The third-order valence-corrected chi connectivity index (χ3v) is 13.2. The lowest BCUT2D eigenvalue weighted by Gasteiger charge is -2.33. The Labute approximate surface area is 347 Å². The molecular weight excluding hydrogens is 711 g/mol. The topological polar surface area (TPSA) is 3.24 Å². The van der Waals surface area contributed by atoms with Crippen LogP contribution in [0.5, 0.6) is 0 Å². The highest BCUT2D eigenvalue weighted by Crippen LogP contribution is 2.55. The number of benzene rings is 9. The fourth-order valence-electron chi connectivity index (χ4n) is 10.2. The number of hydrogen-bond donors (Lipinski definition) is 0. The van der Waals surface area contributed by atoms with Crippen LogP contribution in [0, 0.1) is 0 Å². The fraction of sp³-hybridized carbons (Fsp3) is 0.103. The molecule has 2 aliphatic carbocycles. The molecule has 0 saturated heterocycles. The Balaban J connectivity index is 1.23. The molecule has 11 rings (SSSR count). The number of fused-ring (bicyclic) bond motifs is 7. The summed E-state index contributed by atoms with van der Waals surface area (Å²) in [5.74, 6) is 0. The van der Waals surface area contributed by atoms with Gasteiger partial charge in [-0.15, -0.1) is 0 Å². The Kier molecular flexibility index (Phi) is 7.94. The van der Waals surface area contributed by atoms with Gasteiger partial charge in [0.25, 0.3) is 0 Å². The number of rotatable bonds is 6. The first-order valence-corrected chi connectivity index (χ1v) is 20.8. The highest BCUT2D eigenvalue weighted by Gasteiger charge is 2.38. The van der Waals surface area contributed by atoms with Crippen molar-refractivity contribution < 1.29 is 0 Å². The van der Waals surface area contributed by atoms with E-state index in [1.54, 1.807) is 0 Å². The van der Waals surface area contributed by atoms with Gasteiger partial charge in [0, 0.05) is 33.3 Å². The minimum atomic E-state index is -0.153. The lowest BCUT2D eigenvalue weighted by molar-refractivity contribution is 0.660. The zero-order chi connectivity index (χ0) is 39.9. The lowest BCUT2D eigenvalue weighted by Crippen LogP contribution is -2.18. The van der Waals surface area contributed by atoms with Gasteiger partial charge in [0.05, 0.1) is 5.69 Å². The highest BCUT2D eigenvalue weighted by molar-refractivity contribution is 6.02. The molecule has 0 N–H and O–H groups in total. The van der Waals surface area contributed by atoms with Crippen molar-refractivity contribution in [3.8, 4) is 55.6 Å². The molecule has 2 aliphatic rings. The van der Waals surface area contributed by atoms with E-state index in [-0.39, 0.29) is 10.8 Å². The van der Waals surface area contributed by atoms with Crippen molar-refractivity contribution in [2.75, 3.05) is 4.90 Å². The molecule has 9 aromatic rings. The number of anilines is 3. The van der Waals surface area contributed by atoms with E-state index in [4.69, 9.17) is 0 Å². The monoisotopic (exact) mass is 755 g/mol. The average molecular weight is 756 g/mol. The van der Waals surface area contributed by atoms with Gasteiger partial charge in [0.1, 0.15) is 0 Å². The molecule has 0 atom stereocenters. The van der Waals surface area contributed by atoms with Crippen LogP contribution in [0.4, 0.5) is 17.1 Å². The molecule has 0 fully saturated rings. The first kappa shape index (κ1) is 35.2. The van der Waals surface area contributed by atoms with Gasteiger partial charge < -0.3 is 4.90 Å². The van der Waals surface area contributed by atoms with E-state index in [0.29, 0.717) is 0 Å². The zero-order valence-electron chi connectivity index (χ0n) is 34.0. The van der Waals surface area contributed by atoms with Crippen molar-refractivity contribution in [1.29, 1.82) is 0 Å². The Morgan fingerprint density at radius 3 is 1.25 bits per heavy atom. The SMILES string of the molecule is CC1(C)c2ccccc2-c2ccc(N(c3ccc4c(c3)C(C)(C)c3ccccc3-4)c3c(-c4ccccc4)cc(-c4ccc5ccccc5c4)cc3-c3ccccc3)cc21. The largest absolute Gasteiger partial charge is 0.309 e. The Morgan fingerprint density at radius 2 is 0.729 bits per heavy atom. The van der Waals surface area contributed by atoms with E-state index >= 15 is 0 Å². The van der Waals surface area contributed by atoms with Crippen molar-refractivity contribution in [2.24, 2.45) is 0 Å². The van der Waals surface area contributed by atoms with Crippen LogP contribution in [0.3, 0.4) is 0 Å². The molecule has 0 bridgehead atoms. The van der Waals surface area contributed by atoms with Crippen LogP contribution in [0.1, 0.15) is 49.9 Å². The number of hydrogen-bond acceptors (Lipinski definition) is 1. The molecule has 282 valence electrons. The molecule has 0 saturated carbocycles. The summed E-state index contributed by atoms with van der Waals surface area (Å²) in [4.78, 5) is 2.56. The molecule has 1 nitrogen and oxygen atoms in total. The Bertz CT molecular complexity index is 2930. The van der Waals surface area contributed by atoms with Crippen LogP contribution in [0.25, 0.3) is 66.4 Å². The van der Waals surface area contributed by atoms with Gasteiger partial charge in [-0.3, -0.25) is 0 Å². The molecule has 59 heavy (non-hydrogen) atoms. The Hall–Kier alpha value is -6.96. The van der Waals surface area contributed by atoms with Gasteiger partial charge in [0.15, 0.2) is 0 Å². The van der Waals surface area contributed by atoms with Crippen LogP contribution in [0.15, 0.2) is 200 Å². The van der Waals surface area contributed by atoms with Crippen LogP contribution < -0.4 is 4.90 Å². The predicted molar refractivity (Wildman–Crippen MR) is 250 cm³/mol. The summed E-state index contributed by atoms with van der Waals surface area (Å²) in [6.07, 6.45) is 0. The van der Waals surface area contributed by atoms with E-state index in [0.717, 1.165) is 17.1 Å². The fourth-order valence-corrected chi connectivity index (χ4v) is 10.2. The van der Waals surface area contributed by atoms with Gasteiger partial charge in [0.2, 0.25) is 0 Å². The number of nitrogens with zero attached hydrogens (tertiary/aromatic N) is 1. The van der Waals surface area contributed by atoms with Crippen LogP contribution >= 0.6 is 0 Å². The molecule has 9 aromatic carbocycles. The third-order valence-electron chi connectivity index (χ3n) is 13.2. The molecule has 0 radical (unpaired) electrons. The van der Waals surface area contributed by atoms with Crippen molar-refractivity contribution in [3.05, 3.63) is 222 Å². The van der Waals surface area contributed by atoms with Crippen molar-refractivity contribution in [3.63, 3.8) is 0 Å². The third kappa shape index (κ3) is 5.53. The second kappa shape index (κ2) is 13.3. The highest BCUT2D eigenvalue weighted by atomic mass is 15.1. The van der Waals surface area contributed by atoms with E-state index in [1.165, 1.54) is 88.7 Å². The summed E-state index contributed by atoms with van der Waals surface area (Å²) < 4.78 is 0. The van der Waals surface area contributed by atoms with E-state index in [2.05, 4.69) is 233 Å². The quantitative estimate of drug-likeness (QED) is 0.163. The minimum Gasteiger partial charge on any atom is -0.309 e. The second-order valence-corrected chi connectivity index (χ2v) is 17.4. The van der Waals surface area contributed by atoms with Gasteiger partial charge in [-0.1, -0.05) is 185 Å². The first-order valence-electron chi connectivity index (χ1n) is 20.8. The normalized spacial score (nSPS) is 14.0. The lowest BCUT2D eigenvalue weighted by atomic mass is 9.82. The minimum absolute atomic E-state index is 0.153. The van der Waals surface area contributed by atoms with Gasteiger partial charge >= 0.3 is 0 Å². The van der Waals surface area contributed by atoms with Crippen LogP contribution in [-0.2, 0) is 10.8 Å². The zero-order valence-corrected chi connectivity index (χ0v) is 34.0. The Morgan fingerprint density at radius 1 is 0.288 bits per heavy atom. The molecule has 0 amide bonds. The van der Waals surface area contributed by atoms with Crippen LogP contribution in [0.2, 0.25) is 0 Å². The van der Waals surface area contributed by atoms with E-state index in [9.17, 15) is 0 Å². The molecule has 0 spiro atoms. The maximum atomic E-state index is 2.56. The van der Waals surface area contributed by atoms with Gasteiger partial charge in [-0.25, -0.2) is 0 Å². The molecule has 1 heteroatoms. The maximum Gasteiger partial charge on any atom is 0.0618 e. The van der Waals surface area contributed by atoms with Crippen molar-refractivity contribution >= 4 is 27.8 Å². The van der Waals surface area contributed by atoms with E-state index in [1.807, 2.05) is 0 Å². The summed E-state index contributed by atoms with van der Waals surface area (Å²) in [5, 5.41) is 2.48. The average Bonchev–Trinajstić information content (AvgIpc) is 3.66. The molecule has 0 unspecified atom stereocenters.